The van der Waals surface area contributed by atoms with Gasteiger partial charge >= 0.3 is 0 Å². The van der Waals surface area contributed by atoms with Gasteiger partial charge in [0, 0.05) is 22.7 Å². The Morgan fingerprint density at radius 3 is 2.81 bits per heavy atom. The Morgan fingerprint density at radius 2 is 2.00 bits per heavy atom. The van der Waals surface area contributed by atoms with E-state index in [1.165, 1.54) is 29.7 Å². The molecule has 0 aliphatic rings. The summed E-state index contributed by atoms with van der Waals surface area (Å²) >= 11 is 1.37. The van der Waals surface area contributed by atoms with Gasteiger partial charge in [-0.2, -0.15) is 0 Å². The van der Waals surface area contributed by atoms with Gasteiger partial charge in [0.15, 0.2) is 5.13 Å². The Hall–Kier alpha value is -3.52. The normalized spacial score (nSPS) is 10.6. The van der Waals surface area contributed by atoms with E-state index >= 15 is 0 Å². The molecule has 0 unspecified atom stereocenters. The monoisotopic (exact) mass is 380 g/mol. The van der Waals surface area contributed by atoms with Crippen LogP contribution in [0.2, 0.25) is 0 Å². The van der Waals surface area contributed by atoms with Crippen molar-refractivity contribution in [2.45, 2.75) is 0 Å². The molecule has 8 heteroatoms. The van der Waals surface area contributed by atoms with Crippen LogP contribution in [0.25, 0.3) is 11.3 Å². The third-order valence-electron chi connectivity index (χ3n) is 3.70. The molecule has 27 heavy (non-hydrogen) atoms. The number of rotatable bonds is 5. The number of halogens is 1. The van der Waals surface area contributed by atoms with E-state index in [1.54, 1.807) is 30.3 Å². The minimum absolute atomic E-state index is 0.130. The second-order valence-corrected chi connectivity index (χ2v) is 6.41. The molecule has 0 atom stereocenters. The lowest BCUT2D eigenvalue weighted by Crippen LogP contribution is -2.10. The summed E-state index contributed by atoms with van der Waals surface area (Å²) in [6, 6.07) is 15.2. The van der Waals surface area contributed by atoms with Crippen LogP contribution in [0, 0.1) is 5.82 Å². The Balaban J connectivity index is 1.52. The van der Waals surface area contributed by atoms with Crippen molar-refractivity contribution in [2.24, 2.45) is 0 Å². The van der Waals surface area contributed by atoms with Gasteiger partial charge in [-0.25, -0.2) is 9.37 Å². The van der Waals surface area contributed by atoms with E-state index in [9.17, 15) is 9.18 Å². The maximum Gasteiger partial charge on any atom is 0.294 e. The van der Waals surface area contributed by atoms with Gasteiger partial charge in [-0.3, -0.25) is 4.79 Å². The molecule has 134 valence electrons. The number of hydrogen-bond acceptors (Lipinski definition) is 6. The van der Waals surface area contributed by atoms with E-state index in [0.717, 1.165) is 11.3 Å². The fourth-order valence-electron chi connectivity index (χ4n) is 2.42. The van der Waals surface area contributed by atoms with Crippen LogP contribution in [0.4, 0.5) is 20.9 Å². The first kappa shape index (κ1) is 16.9. The SMILES string of the molecule is O=C(Nc1cccc(-c2csc(Nc3ccccc3F)n2)c1)c1ccno1. The number of aromatic nitrogens is 2. The molecule has 0 fully saturated rings. The first-order valence-corrected chi connectivity index (χ1v) is 8.86. The maximum absolute atomic E-state index is 13.8. The first-order chi connectivity index (χ1) is 13.2. The van der Waals surface area contributed by atoms with Crippen molar-refractivity contribution in [1.82, 2.24) is 10.1 Å². The molecule has 2 N–H and O–H groups in total. The average molecular weight is 380 g/mol. The summed E-state index contributed by atoms with van der Waals surface area (Å²) in [5, 5.41) is 11.7. The van der Waals surface area contributed by atoms with Crippen LogP contribution in [0.1, 0.15) is 10.6 Å². The molecular weight excluding hydrogens is 367 g/mol. The molecule has 2 aromatic carbocycles. The lowest BCUT2D eigenvalue weighted by atomic mass is 10.1. The fourth-order valence-corrected chi connectivity index (χ4v) is 3.16. The highest BCUT2D eigenvalue weighted by Gasteiger charge is 2.11. The van der Waals surface area contributed by atoms with E-state index < -0.39 is 0 Å². The summed E-state index contributed by atoms with van der Waals surface area (Å²) in [7, 11) is 0. The quantitative estimate of drug-likeness (QED) is 0.513. The summed E-state index contributed by atoms with van der Waals surface area (Å²) in [5.41, 5.74) is 2.51. The molecule has 2 aromatic heterocycles. The first-order valence-electron chi connectivity index (χ1n) is 7.98. The van der Waals surface area contributed by atoms with Crippen molar-refractivity contribution in [2.75, 3.05) is 10.6 Å². The molecule has 0 aliphatic heterocycles. The van der Waals surface area contributed by atoms with E-state index in [1.807, 2.05) is 17.5 Å². The topological polar surface area (TPSA) is 80.0 Å². The van der Waals surface area contributed by atoms with Crippen molar-refractivity contribution in [1.29, 1.82) is 0 Å². The predicted molar refractivity (Wildman–Crippen MR) is 102 cm³/mol. The van der Waals surface area contributed by atoms with E-state index in [0.29, 0.717) is 16.5 Å². The molecule has 0 saturated heterocycles. The molecule has 0 saturated carbocycles. The summed E-state index contributed by atoms with van der Waals surface area (Å²) in [5.74, 6) is -0.596. The third-order valence-corrected chi connectivity index (χ3v) is 4.46. The predicted octanol–water partition coefficient (Wildman–Crippen LogP) is 4.93. The number of amides is 1. The highest BCUT2D eigenvalue weighted by molar-refractivity contribution is 7.14. The second-order valence-electron chi connectivity index (χ2n) is 5.55. The van der Waals surface area contributed by atoms with E-state index in [-0.39, 0.29) is 17.5 Å². The summed E-state index contributed by atoms with van der Waals surface area (Å²) in [6.45, 7) is 0. The molecule has 0 radical (unpaired) electrons. The third kappa shape index (κ3) is 3.85. The second kappa shape index (κ2) is 7.38. The van der Waals surface area contributed by atoms with Crippen LogP contribution in [-0.4, -0.2) is 16.0 Å². The fraction of sp³-hybridized carbons (Fsp3) is 0. The molecule has 1 amide bonds. The number of thiazole rings is 1. The maximum atomic E-state index is 13.8. The molecule has 0 aliphatic carbocycles. The van der Waals surface area contributed by atoms with Crippen molar-refractivity contribution in [3.63, 3.8) is 0 Å². The Kier molecular flexibility index (Phi) is 4.63. The van der Waals surface area contributed by atoms with Gasteiger partial charge in [0.2, 0.25) is 5.76 Å². The number of hydrogen-bond donors (Lipinski definition) is 2. The molecule has 0 spiro atoms. The molecule has 0 bridgehead atoms. The number of nitrogens with zero attached hydrogens (tertiary/aromatic N) is 2. The van der Waals surface area contributed by atoms with Crippen molar-refractivity contribution in [3.8, 4) is 11.3 Å². The average Bonchev–Trinajstić information content (AvgIpc) is 3.36. The lowest BCUT2D eigenvalue weighted by Gasteiger charge is -2.05. The van der Waals surface area contributed by atoms with Crippen LogP contribution in [0.15, 0.2) is 70.7 Å². The zero-order valence-corrected chi connectivity index (χ0v) is 14.7. The lowest BCUT2D eigenvalue weighted by molar-refractivity contribution is 0.0988. The van der Waals surface area contributed by atoms with Crippen LogP contribution >= 0.6 is 11.3 Å². The highest BCUT2D eigenvalue weighted by atomic mass is 32.1. The zero-order chi connectivity index (χ0) is 18.6. The van der Waals surface area contributed by atoms with Crippen molar-refractivity contribution < 1.29 is 13.7 Å². The van der Waals surface area contributed by atoms with Crippen molar-refractivity contribution in [3.05, 3.63) is 77.8 Å². The number of para-hydroxylation sites is 1. The number of carbonyl (C=O) groups is 1. The van der Waals surface area contributed by atoms with Gasteiger partial charge in [-0.15, -0.1) is 11.3 Å². The zero-order valence-electron chi connectivity index (χ0n) is 13.8. The van der Waals surface area contributed by atoms with Gasteiger partial charge < -0.3 is 15.2 Å². The number of benzene rings is 2. The number of carbonyl (C=O) groups excluding carboxylic acids is 1. The van der Waals surface area contributed by atoms with Crippen molar-refractivity contribution >= 4 is 33.8 Å². The summed E-state index contributed by atoms with van der Waals surface area (Å²) in [6.07, 6.45) is 1.41. The Bertz CT molecular complexity index is 1080. The smallest absolute Gasteiger partial charge is 0.294 e. The van der Waals surface area contributed by atoms with Gasteiger partial charge in [0.1, 0.15) is 5.82 Å². The van der Waals surface area contributed by atoms with Gasteiger partial charge in [-0.1, -0.05) is 29.4 Å². The Morgan fingerprint density at radius 1 is 1.11 bits per heavy atom. The minimum atomic E-state index is -0.384. The molecule has 4 rings (SSSR count). The number of anilines is 3. The Labute approximate surface area is 157 Å². The minimum Gasteiger partial charge on any atom is -0.351 e. The standard InChI is InChI=1S/C19H13FN4O2S/c20-14-6-1-2-7-15(14)23-19-24-16(11-27-19)12-4-3-5-13(10-12)22-18(25)17-8-9-21-26-17/h1-11H,(H,22,25)(H,23,24). The van der Waals surface area contributed by atoms with Gasteiger partial charge in [0.05, 0.1) is 17.6 Å². The van der Waals surface area contributed by atoms with Gasteiger partial charge in [-0.05, 0) is 24.3 Å². The van der Waals surface area contributed by atoms with Gasteiger partial charge in [0.25, 0.3) is 5.91 Å². The number of nitrogens with one attached hydrogen (secondary N) is 2. The largest absolute Gasteiger partial charge is 0.351 e. The highest BCUT2D eigenvalue weighted by Crippen LogP contribution is 2.29. The van der Waals surface area contributed by atoms with E-state index in [2.05, 4.69) is 20.8 Å². The molecular formula is C19H13FN4O2S. The molecule has 6 nitrogen and oxygen atoms in total. The van der Waals surface area contributed by atoms with E-state index in [4.69, 9.17) is 4.52 Å². The van der Waals surface area contributed by atoms with Crippen LogP contribution < -0.4 is 10.6 Å². The van der Waals surface area contributed by atoms with Crippen LogP contribution in [-0.2, 0) is 0 Å². The molecule has 4 aromatic rings. The van der Waals surface area contributed by atoms with Crippen LogP contribution in [0.3, 0.4) is 0 Å². The molecule has 2 heterocycles. The summed E-state index contributed by atoms with van der Waals surface area (Å²) < 4.78 is 18.6. The summed E-state index contributed by atoms with van der Waals surface area (Å²) in [4.78, 5) is 16.5. The van der Waals surface area contributed by atoms with Crippen LogP contribution in [0.5, 0.6) is 0 Å².